The molecule has 2 saturated heterocycles. The van der Waals surface area contributed by atoms with Crippen LogP contribution in [0.1, 0.15) is 79.4 Å². The summed E-state index contributed by atoms with van der Waals surface area (Å²) in [6.07, 6.45) is 7.09. The van der Waals surface area contributed by atoms with Crippen molar-refractivity contribution in [3.05, 3.63) is 88.5 Å². The van der Waals surface area contributed by atoms with E-state index in [2.05, 4.69) is 61.6 Å². The van der Waals surface area contributed by atoms with Crippen molar-refractivity contribution in [2.24, 2.45) is 0 Å². The predicted octanol–water partition coefficient (Wildman–Crippen LogP) is 7.90. The average Bonchev–Trinajstić information content (AvgIpc) is 2.98. The second-order valence-corrected chi connectivity index (χ2v) is 10.9. The third-order valence-electron chi connectivity index (χ3n) is 8.07. The highest BCUT2D eigenvalue weighted by Crippen LogP contribution is 2.49. The number of nitrogens with one attached hydrogen (secondary N) is 2. The summed E-state index contributed by atoms with van der Waals surface area (Å²) in [5.74, 6) is 1.52. The van der Waals surface area contributed by atoms with Gasteiger partial charge in [-0.3, -0.25) is 0 Å². The molecule has 3 unspecified atom stereocenters. The molecule has 3 aliphatic rings. The highest BCUT2D eigenvalue weighted by Gasteiger charge is 2.32. The van der Waals surface area contributed by atoms with E-state index in [-0.39, 0.29) is 18.6 Å². The van der Waals surface area contributed by atoms with Gasteiger partial charge in [-0.2, -0.15) is 0 Å². The number of allylic oxidation sites excluding steroid dienone is 1. The SMILES string of the molecule is CC1=C(c2cccc(OC3CCCCO3)c2)C(c2ccc(C)cc2)Oc2c1ccc(NC1CCCCO1)c2C=N. The summed E-state index contributed by atoms with van der Waals surface area (Å²) in [5, 5.41) is 11.9. The van der Waals surface area contributed by atoms with Gasteiger partial charge in [0.25, 0.3) is 0 Å². The van der Waals surface area contributed by atoms with Crippen LogP contribution in [0.25, 0.3) is 11.1 Å². The number of hydrogen-bond acceptors (Lipinski definition) is 6. The number of aryl methyl sites for hydroxylation is 1. The second-order valence-electron chi connectivity index (χ2n) is 10.9. The lowest BCUT2D eigenvalue weighted by molar-refractivity contribution is -0.105. The molecule has 0 aliphatic carbocycles. The van der Waals surface area contributed by atoms with Crippen molar-refractivity contribution < 1.29 is 18.9 Å². The number of rotatable bonds is 7. The van der Waals surface area contributed by atoms with Gasteiger partial charge in [-0.15, -0.1) is 0 Å². The fourth-order valence-corrected chi connectivity index (χ4v) is 5.87. The first-order chi connectivity index (χ1) is 19.6. The molecule has 0 bridgehead atoms. The van der Waals surface area contributed by atoms with E-state index >= 15 is 0 Å². The van der Waals surface area contributed by atoms with Gasteiger partial charge >= 0.3 is 0 Å². The largest absolute Gasteiger partial charge is 0.480 e. The maximum absolute atomic E-state index is 8.34. The van der Waals surface area contributed by atoms with Crippen molar-refractivity contribution in [1.29, 1.82) is 5.41 Å². The Hall–Kier alpha value is -3.61. The van der Waals surface area contributed by atoms with Gasteiger partial charge < -0.3 is 29.7 Å². The summed E-state index contributed by atoms with van der Waals surface area (Å²) in [6, 6.07) is 20.9. The van der Waals surface area contributed by atoms with Crippen molar-refractivity contribution in [3.63, 3.8) is 0 Å². The molecule has 2 fully saturated rings. The predicted molar refractivity (Wildman–Crippen MR) is 159 cm³/mol. The van der Waals surface area contributed by atoms with Gasteiger partial charge in [0.1, 0.15) is 23.8 Å². The van der Waals surface area contributed by atoms with Crippen LogP contribution >= 0.6 is 0 Å². The molecular weight excluding hydrogens is 500 g/mol. The summed E-state index contributed by atoms with van der Waals surface area (Å²) < 4.78 is 24.9. The van der Waals surface area contributed by atoms with Crippen molar-refractivity contribution in [1.82, 2.24) is 0 Å². The molecule has 2 N–H and O–H groups in total. The van der Waals surface area contributed by atoms with Gasteiger partial charge in [-0.25, -0.2) is 0 Å². The summed E-state index contributed by atoms with van der Waals surface area (Å²) >= 11 is 0. The van der Waals surface area contributed by atoms with Crippen LogP contribution in [-0.4, -0.2) is 31.9 Å². The van der Waals surface area contributed by atoms with E-state index in [9.17, 15) is 0 Å². The molecule has 3 atom stereocenters. The molecular formula is C34H38N2O4. The van der Waals surface area contributed by atoms with Gasteiger partial charge in [-0.1, -0.05) is 42.0 Å². The fraction of sp³-hybridized carbons (Fsp3) is 0.382. The van der Waals surface area contributed by atoms with Crippen molar-refractivity contribution in [2.75, 3.05) is 18.5 Å². The van der Waals surface area contributed by atoms with Crippen LogP contribution in [0.15, 0.2) is 60.7 Å². The first-order valence-corrected chi connectivity index (χ1v) is 14.5. The average molecular weight is 539 g/mol. The molecule has 3 heterocycles. The topological polar surface area (TPSA) is 72.8 Å². The lowest BCUT2D eigenvalue weighted by Gasteiger charge is -2.33. The molecule has 0 aromatic heterocycles. The third kappa shape index (κ3) is 5.51. The molecule has 208 valence electrons. The maximum atomic E-state index is 8.34. The third-order valence-corrected chi connectivity index (χ3v) is 8.07. The minimum Gasteiger partial charge on any atom is -0.480 e. The molecule has 40 heavy (non-hydrogen) atoms. The Balaban J connectivity index is 1.42. The Morgan fingerprint density at radius 3 is 2.42 bits per heavy atom. The first-order valence-electron chi connectivity index (χ1n) is 14.5. The van der Waals surface area contributed by atoms with Gasteiger partial charge in [0, 0.05) is 36.1 Å². The lowest BCUT2D eigenvalue weighted by atomic mass is 9.85. The summed E-state index contributed by atoms with van der Waals surface area (Å²) in [6.45, 7) is 5.75. The molecule has 6 nitrogen and oxygen atoms in total. The zero-order valence-electron chi connectivity index (χ0n) is 23.4. The molecule has 0 amide bonds. The van der Waals surface area contributed by atoms with Crippen molar-refractivity contribution in [2.45, 2.75) is 71.0 Å². The maximum Gasteiger partial charge on any atom is 0.199 e. The van der Waals surface area contributed by atoms with Crippen LogP contribution in [0.2, 0.25) is 0 Å². The fourth-order valence-electron chi connectivity index (χ4n) is 5.87. The molecule has 0 radical (unpaired) electrons. The summed E-state index contributed by atoms with van der Waals surface area (Å²) in [4.78, 5) is 0. The first kappa shape index (κ1) is 26.6. The molecule has 3 aliphatic heterocycles. The van der Waals surface area contributed by atoms with Crippen LogP contribution in [0, 0.1) is 12.3 Å². The Morgan fingerprint density at radius 1 is 0.900 bits per heavy atom. The quantitative estimate of drug-likeness (QED) is 0.299. The molecule has 6 rings (SSSR count). The highest BCUT2D eigenvalue weighted by atomic mass is 16.7. The van der Waals surface area contributed by atoms with Crippen LogP contribution < -0.4 is 14.8 Å². The van der Waals surface area contributed by atoms with Crippen LogP contribution in [-0.2, 0) is 9.47 Å². The van der Waals surface area contributed by atoms with Gasteiger partial charge in [0.2, 0.25) is 0 Å². The zero-order chi connectivity index (χ0) is 27.5. The van der Waals surface area contributed by atoms with E-state index in [1.807, 2.05) is 18.2 Å². The van der Waals surface area contributed by atoms with E-state index in [1.54, 1.807) is 0 Å². The Labute approximate surface area is 236 Å². The monoisotopic (exact) mass is 538 g/mol. The number of benzene rings is 3. The second kappa shape index (κ2) is 11.9. The molecule has 3 aromatic carbocycles. The smallest absolute Gasteiger partial charge is 0.199 e. The Bertz CT molecular complexity index is 1390. The van der Waals surface area contributed by atoms with Crippen molar-refractivity contribution >= 4 is 23.0 Å². The van der Waals surface area contributed by atoms with Gasteiger partial charge in [0.15, 0.2) is 6.29 Å². The Morgan fingerprint density at radius 2 is 1.70 bits per heavy atom. The molecule has 3 aromatic rings. The minimum atomic E-state index is -0.339. The summed E-state index contributed by atoms with van der Waals surface area (Å²) in [5.41, 5.74) is 8.14. The van der Waals surface area contributed by atoms with Crippen molar-refractivity contribution in [3.8, 4) is 11.5 Å². The number of fused-ring (bicyclic) bond motifs is 1. The van der Waals surface area contributed by atoms with E-state index in [0.29, 0.717) is 0 Å². The highest BCUT2D eigenvalue weighted by molar-refractivity contribution is 6.00. The normalized spacial score (nSPS) is 22.7. The van der Waals surface area contributed by atoms with Crippen LogP contribution in [0.5, 0.6) is 11.5 Å². The van der Waals surface area contributed by atoms with Gasteiger partial charge in [0.05, 0.1) is 12.2 Å². The zero-order valence-corrected chi connectivity index (χ0v) is 23.4. The molecule has 0 spiro atoms. The van der Waals surface area contributed by atoms with Crippen LogP contribution in [0.4, 0.5) is 5.69 Å². The van der Waals surface area contributed by atoms with E-state index in [0.717, 1.165) is 102 Å². The number of hydrogen-bond donors (Lipinski definition) is 2. The minimum absolute atomic E-state index is 0.0509. The van der Waals surface area contributed by atoms with Crippen LogP contribution in [0.3, 0.4) is 0 Å². The number of anilines is 1. The van der Waals surface area contributed by atoms with E-state index < -0.39 is 0 Å². The van der Waals surface area contributed by atoms with E-state index in [4.69, 9.17) is 24.4 Å². The molecule has 0 saturated carbocycles. The Kier molecular flexibility index (Phi) is 7.89. The number of ether oxygens (including phenoxy) is 4. The lowest BCUT2D eigenvalue weighted by Crippen LogP contribution is -2.28. The molecule has 6 heteroatoms. The summed E-state index contributed by atoms with van der Waals surface area (Å²) in [7, 11) is 0. The van der Waals surface area contributed by atoms with Gasteiger partial charge in [-0.05, 0) is 86.9 Å². The standard InChI is InChI=1S/C34H38N2O4/c1-22-12-14-24(15-13-22)33-32(25-8-7-9-26(20-25)39-31-11-4-6-19-38-31)23(2)27-16-17-29(28(21-35)34(27)40-33)36-30-10-3-5-18-37-30/h7-9,12-17,20-21,30-31,33,35-36H,3-6,10-11,18-19H2,1-2H3. The van der Waals surface area contributed by atoms with E-state index in [1.165, 1.54) is 11.8 Å².